The smallest absolute Gasteiger partial charge is 0.329 e. The molecule has 0 aliphatic heterocycles. The van der Waals surface area contributed by atoms with Gasteiger partial charge >= 0.3 is 5.97 Å². The maximum absolute atomic E-state index is 13.9. The minimum absolute atomic E-state index is 0.0565. The van der Waals surface area contributed by atoms with Gasteiger partial charge in [-0.25, -0.2) is 9.18 Å². The van der Waals surface area contributed by atoms with E-state index in [1.165, 1.54) is 12.1 Å². The third-order valence-electron chi connectivity index (χ3n) is 3.74. The lowest BCUT2D eigenvalue weighted by atomic mass is 9.81. The van der Waals surface area contributed by atoms with Gasteiger partial charge in [-0.3, -0.25) is 4.79 Å². The van der Waals surface area contributed by atoms with E-state index in [1.54, 1.807) is 0 Å². The van der Waals surface area contributed by atoms with Crippen molar-refractivity contribution in [2.24, 2.45) is 5.73 Å². The van der Waals surface area contributed by atoms with E-state index < -0.39 is 23.2 Å². The highest BCUT2D eigenvalue weighted by molar-refractivity contribution is 5.93. The first kappa shape index (κ1) is 14.3. The molecule has 5 nitrogen and oxygen atoms in total. The van der Waals surface area contributed by atoms with Gasteiger partial charge in [-0.05, 0) is 31.0 Å². The summed E-state index contributed by atoms with van der Waals surface area (Å²) in [6, 6.07) is 3.75. The van der Waals surface area contributed by atoms with Crippen molar-refractivity contribution in [1.82, 2.24) is 0 Å². The molecular formula is C14H17FN2O3. The Kier molecular flexibility index (Phi) is 3.92. The Bertz CT molecular complexity index is 539. The molecule has 0 heterocycles. The minimum Gasteiger partial charge on any atom is -0.480 e. The van der Waals surface area contributed by atoms with E-state index >= 15 is 0 Å². The predicted octanol–water partition coefficient (Wildman–Crippen LogP) is 2.12. The number of anilines is 1. The summed E-state index contributed by atoms with van der Waals surface area (Å²) >= 11 is 0. The number of amides is 1. The monoisotopic (exact) mass is 280 g/mol. The Hall–Kier alpha value is -2.11. The van der Waals surface area contributed by atoms with Gasteiger partial charge < -0.3 is 16.2 Å². The number of benzene rings is 1. The van der Waals surface area contributed by atoms with Crippen molar-refractivity contribution in [3.05, 3.63) is 29.6 Å². The first-order valence-electron chi connectivity index (χ1n) is 6.55. The van der Waals surface area contributed by atoms with E-state index in [1.807, 2.05) is 0 Å². The molecule has 1 saturated carbocycles. The number of hydrogen-bond acceptors (Lipinski definition) is 3. The number of carbonyl (C=O) groups excluding carboxylic acids is 1. The summed E-state index contributed by atoms with van der Waals surface area (Å²) in [5, 5.41) is 12.2. The van der Waals surface area contributed by atoms with Crippen LogP contribution in [-0.4, -0.2) is 22.5 Å². The van der Waals surface area contributed by atoms with E-state index in [0.29, 0.717) is 12.8 Å². The second kappa shape index (κ2) is 5.48. The highest BCUT2D eigenvalue weighted by Gasteiger charge is 2.40. The first-order valence-corrected chi connectivity index (χ1v) is 6.55. The summed E-state index contributed by atoms with van der Waals surface area (Å²) in [6.45, 7) is 0. The topological polar surface area (TPSA) is 92.4 Å². The molecule has 1 aliphatic carbocycles. The second-order valence-corrected chi connectivity index (χ2v) is 5.13. The van der Waals surface area contributed by atoms with Crippen LogP contribution in [-0.2, 0) is 4.79 Å². The van der Waals surface area contributed by atoms with Gasteiger partial charge in [-0.1, -0.05) is 19.3 Å². The first-order chi connectivity index (χ1) is 9.44. The van der Waals surface area contributed by atoms with Crippen molar-refractivity contribution in [1.29, 1.82) is 0 Å². The van der Waals surface area contributed by atoms with E-state index in [4.69, 9.17) is 5.73 Å². The third-order valence-corrected chi connectivity index (χ3v) is 3.74. The van der Waals surface area contributed by atoms with Crippen molar-refractivity contribution in [2.75, 3.05) is 5.32 Å². The van der Waals surface area contributed by atoms with Crippen molar-refractivity contribution in [3.63, 3.8) is 0 Å². The largest absolute Gasteiger partial charge is 0.480 e. The van der Waals surface area contributed by atoms with Gasteiger partial charge in [0.1, 0.15) is 11.4 Å². The zero-order valence-corrected chi connectivity index (χ0v) is 11.0. The SMILES string of the molecule is NC(=O)c1ccc(NC2(C(=O)O)CCCCC2)c(F)c1. The van der Waals surface area contributed by atoms with E-state index in [9.17, 15) is 19.1 Å². The molecule has 0 unspecified atom stereocenters. The van der Waals surface area contributed by atoms with Gasteiger partial charge in [-0.2, -0.15) is 0 Å². The lowest BCUT2D eigenvalue weighted by molar-refractivity contribution is -0.143. The Morgan fingerprint density at radius 1 is 1.25 bits per heavy atom. The summed E-state index contributed by atoms with van der Waals surface area (Å²) in [4.78, 5) is 22.5. The molecule has 20 heavy (non-hydrogen) atoms. The molecule has 2 rings (SSSR count). The van der Waals surface area contributed by atoms with Crippen molar-refractivity contribution >= 4 is 17.6 Å². The van der Waals surface area contributed by atoms with Crippen LogP contribution in [0.5, 0.6) is 0 Å². The molecule has 0 spiro atoms. The van der Waals surface area contributed by atoms with Crippen molar-refractivity contribution in [2.45, 2.75) is 37.6 Å². The van der Waals surface area contributed by atoms with Gasteiger partial charge in [0.15, 0.2) is 0 Å². The number of nitrogens with one attached hydrogen (secondary N) is 1. The number of aliphatic carboxylic acids is 1. The molecule has 0 saturated heterocycles. The molecule has 6 heteroatoms. The minimum atomic E-state index is -1.13. The average Bonchev–Trinajstić information content (AvgIpc) is 2.41. The van der Waals surface area contributed by atoms with Gasteiger partial charge in [-0.15, -0.1) is 0 Å². The van der Waals surface area contributed by atoms with Crippen molar-refractivity contribution < 1.29 is 19.1 Å². The van der Waals surface area contributed by atoms with Crippen LogP contribution in [0.4, 0.5) is 10.1 Å². The average molecular weight is 280 g/mol. The molecule has 0 bridgehead atoms. The van der Waals surface area contributed by atoms with E-state index in [2.05, 4.69) is 5.32 Å². The summed E-state index contributed by atoms with van der Waals surface area (Å²) in [6.07, 6.45) is 3.49. The fraction of sp³-hybridized carbons (Fsp3) is 0.429. The number of hydrogen-bond donors (Lipinski definition) is 3. The number of rotatable bonds is 4. The predicted molar refractivity (Wildman–Crippen MR) is 72.0 cm³/mol. The van der Waals surface area contributed by atoms with Gasteiger partial charge in [0.2, 0.25) is 5.91 Å². The standard InChI is InChI=1S/C14H17FN2O3/c15-10-8-9(12(16)18)4-5-11(10)17-14(13(19)20)6-2-1-3-7-14/h4-5,8,17H,1-3,6-7H2,(H2,16,18)(H,19,20). The normalized spacial score (nSPS) is 17.4. The number of primary amides is 1. The van der Waals surface area contributed by atoms with Gasteiger partial charge in [0.25, 0.3) is 0 Å². The van der Waals surface area contributed by atoms with Crippen LogP contribution in [0, 0.1) is 5.82 Å². The van der Waals surface area contributed by atoms with Crippen LogP contribution in [0.2, 0.25) is 0 Å². The fourth-order valence-corrected chi connectivity index (χ4v) is 2.58. The Labute approximate surface area is 116 Å². The Morgan fingerprint density at radius 2 is 1.90 bits per heavy atom. The molecular weight excluding hydrogens is 263 g/mol. The molecule has 1 fully saturated rings. The molecule has 0 aromatic heterocycles. The number of carbonyl (C=O) groups is 2. The number of carboxylic acid groups (broad SMARTS) is 1. The summed E-state index contributed by atoms with van der Waals surface area (Å²) in [5.74, 6) is -2.37. The number of carboxylic acids is 1. The molecule has 108 valence electrons. The van der Waals surface area contributed by atoms with Crippen LogP contribution in [0.25, 0.3) is 0 Å². The van der Waals surface area contributed by atoms with Crippen molar-refractivity contribution in [3.8, 4) is 0 Å². The second-order valence-electron chi connectivity index (χ2n) is 5.13. The van der Waals surface area contributed by atoms with Crippen LogP contribution in [0.1, 0.15) is 42.5 Å². The lowest BCUT2D eigenvalue weighted by Crippen LogP contribution is -2.48. The van der Waals surface area contributed by atoms with Crippen LogP contribution < -0.4 is 11.1 Å². The Balaban J connectivity index is 2.27. The van der Waals surface area contributed by atoms with E-state index in [-0.39, 0.29) is 11.3 Å². The van der Waals surface area contributed by atoms with Gasteiger partial charge in [0, 0.05) is 5.56 Å². The van der Waals surface area contributed by atoms with Crippen LogP contribution in [0.15, 0.2) is 18.2 Å². The maximum Gasteiger partial charge on any atom is 0.329 e. The van der Waals surface area contributed by atoms with Gasteiger partial charge in [0.05, 0.1) is 5.69 Å². The number of halogens is 1. The molecule has 1 amide bonds. The molecule has 1 aliphatic rings. The zero-order chi connectivity index (χ0) is 14.8. The molecule has 1 aromatic carbocycles. The zero-order valence-electron chi connectivity index (χ0n) is 11.0. The summed E-state index contributed by atoms with van der Waals surface area (Å²) in [5.41, 5.74) is 4.08. The fourth-order valence-electron chi connectivity index (χ4n) is 2.58. The molecule has 0 atom stereocenters. The summed E-state index contributed by atoms with van der Waals surface area (Å²) < 4.78 is 13.9. The number of nitrogens with two attached hydrogens (primary N) is 1. The Morgan fingerprint density at radius 3 is 2.40 bits per heavy atom. The summed E-state index contributed by atoms with van der Waals surface area (Å²) in [7, 11) is 0. The molecule has 1 aromatic rings. The van der Waals surface area contributed by atoms with Crippen LogP contribution >= 0.6 is 0 Å². The van der Waals surface area contributed by atoms with E-state index in [0.717, 1.165) is 25.3 Å². The highest BCUT2D eigenvalue weighted by atomic mass is 19.1. The highest BCUT2D eigenvalue weighted by Crippen LogP contribution is 2.33. The lowest BCUT2D eigenvalue weighted by Gasteiger charge is -2.35. The molecule has 4 N–H and O–H groups in total. The molecule has 0 radical (unpaired) electrons. The third kappa shape index (κ3) is 2.74. The van der Waals surface area contributed by atoms with Crippen LogP contribution in [0.3, 0.4) is 0 Å². The quantitative estimate of drug-likeness (QED) is 0.787. The maximum atomic E-state index is 13.9.